The van der Waals surface area contributed by atoms with Crippen LogP contribution >= 0.6 is 0 Å². The predicted octanol–water partition coefficient (Wildman–Crippen LogP) is 3.17. The molecule has 0 N–H and O–H groups in total. The fraction of sp³-hybridized carbons (Fsp3) is 0.211. The van der Waals surface area contributed by atoms with Gasteiger partial charge in [-0.25, -0.2) is 4.39 Å². The van der Waals surface area contributed by atoms with Gasteiger partial charge >= 0.3 is 0 Å². The summed E-state index contributed by atoms with van der Waals surface area (Å²) in [4.78, 5) is 18.1. The first-order chi connectivity index (χ1) is 13.0. The molecule has 140 valence electrons. The van der Waals surface area contributed by atoms with E-state index in [-0.39, 0.29) is 29.7 Å². The highest BCUT2D eigenvalue weighted by Crippen LogP contribution is 2.21. The summed E-state index contributed by atoms with van der Waals surface area (Å²) in [6.07, 6.45) is 0. The van der Waals surface area contributed by atoms with E-state index in [4.69, 9.17) is 14.0 Å². The van der Waals surface area contributed by atoms with Crippen LogP contribution in [0.5, 0.6) is 11.5 Å². The van der Waals surface area contributed by atoms with Crippen LogP contribution in [0.3, 0.4) is 0 Å². The number of ether oxygens (including phenoxy) is 2. The smallest absolute Gasteiger partial charge is 0.254 e. The zero-order chi connectivity index (χ0) is 19.4. The molecule has 0 radical (unpaired) electrons. The van der Waals surface area contributed by atoms with Gasteiger partial charge in [-0.05, 0) is 42.5 Å². The standard InChI is InChI=1S/C19H18FN3O4/c1-23(19(24)13-6-9-16(26-3)15(20)10-13)11-17-21-18(22-27-17)12-4-7-14(25-2)8-5-12/h4-10H,11H2,1-3H3. The molecule has 1 heterocycles. The van der Waals surface area contributed by atoms with Crippen molar-refractivity contribution in [2.45, 2.75) is 6.54 Å². The fourth-order valence-corrected chi connectivity index (χ4v) is 2.47. The van der Waals surface area contributed by atoms with E-state index in [0.29, 0.717) is 5.82 Å². The average molecular weight is 371 g/mol. The van der Waals surface area contributed by atoms with Crippen LogP contribution in [0.4, 0.5) is 4.39 Å². The Morgan fingerprint density at radius 2 is 1.89 bits per heavy atom. The lowest BCUT2D eigenvalue weighted by Gasteiger charge is -2.15. The highest BCUT2D eigenvalue weighted by molar-refractivity contribution is 5.94. The maximum Gasteiger partial charge on any atom is 0.254 e. The number of hydrogen-bond acceptors (Lipinski definition) is 6. The minimum Gasteiger partial charge on any atom is -0.497 e. The summed E-state index contributed by atoms with van der Waals surface area (Å²) in [7, 11) is 4.52. The molecule has 0 fully saturated rings. The Hall–Kier alpha value is -3.42. The minimum atomic E-state index is -0.601. The summed E-state index contributed by atoms with van der Waals surface area (Å²) in [5, 5.41) is 3.92. The lowest BCUT2D eigenvalue weighted by Crippen LogP contribution is -2.26. The number of carbonyl (C=O) groups is 1. The second kappa shape index (κ2) is 7.86. The first kappa shape index (κ1) is 18.4. The van der Waals surface area contributed by atoms with Crippen LogP contribution < -0.4 is 9.47 Å². The Bertz CT molecular complexity index is 940. The normalized spacial score (nSPS) is 10.5. The molecule has 0 unspecified atom stereocenters. The van der Waals surface area contributed by atoms with Crippen molar-refractivity contribution in [2.75, 3.05) is 21.3 Å². The van der Waals surface area contributed by atoms with Gasteiger partial charge in [-0.2, -0.15) is 4.98 Å². The molecular weight excluding hydrogens is 353 g/mol. The van der Waals surface area contributed by atoms with E-state index >= 15 is 0 Å². The number of hydrogen-bond donors (Lipinski definition) is 0. The molecule has 0 aliphatic heterocycles. The Balaban J connectivity index is 1.70. The Labute approximate surface area is 155 Å². The first-order valence-corrected chi connectivity index (χ1v) is 8.08. The van der Waals surface area contributed by atoms with Gasteiger partial charge in [0.25, 0.3) is 5.91 Å². The van der Waals surface area contributed by atoms with Crippen molar-refractivity contribution in [1.82, 2.24) is 15.0 Å². The number of amides is 1. The summed E-state index contributed by atoms with van der Waals surface area (Å²) in [5.74, 6) is 0.501. The van der Waals surface area contributed by atoms with Gasteiger partial charge < -0.3 is 18.9 Å². The van der Waals surface area contributed by atoms with Gasteiger partial charge in [0.05, 0.1) is 20.8 Å². The van der Waals surface area contributed by atoms with Crippen molar-refractivity contribution >= 4 is 5.91 Å². The number of methoxy groups -OCH3 is 2. The maximum atomic E-state index is 13.8. The van der Waals surface area contributed by atoms with Crippen molar-refractivity contribution in [2.24, 2.45) is 0 Å². The largest absolute Gasteiger partial charge is 0.497 e. The quantitative estimate of drug-likeness (QED) is 0.662. The fourth-order valence-electron chi connectivity index (χ4n) is 2.47. The van der Waals surface area contributed by atoms with Crippen LogP contribution in [0.2, 0.25) is 0 Å². The van der Waals surface area contributed by atoms with Crippen molar-refractivity contribution < 1.29 is 23.2 Å². The summed E-state index contributed by atoms with van der Waals surface area (Å²) >= 11 is 0. The molecule has 0 aliphatic carbocycles. The molecule has 0 bridgehead atoms. The molecule has 3 rings (SSSR count). The van der Waals surface area contributed by atoms with Crippen molar-refractivity contribution in [3.05, 3.63) is 59.7 Å². The van der Waals surface area contributed by atoms with Gasteiger partial charge in [0.15, 0.2) is 11.6 Å². The van der Waals surface area contributed by atoms with Gasteiger partial charge in [-0.15, -0.1) is 0 Å². The van der Waals surface area contributed by atoms with Crippen molar-refractivity contribution in [3.8, 4) is 22.9 Å². The van der Waals surface area contributed by atoms with Crippen LogP contribution in [0.15, 0.2) is 47.0 Å². The van der Waals surface area contributed by atoms with E-state index in [2.05, 4.69) is 10.1 Å². The second-order valence-corrected chi connectivity index (χ2v) is 5.75. The number of rotatable bonds is 6. The highest BCUT2D eigenvalue weighted by atomic mass is 19.1. The summed E-state index contributed by atoms with van der Waals surface area (Å²) in [5.41, 5.74) is 0.961. The van der Waals surface area contributed by atoms with Crippen LogP contribution in [-0.4, -0.2) is 42.2 Å². The second-order valence-electron chi connectivity index (χ2n) is 5.75. The topological polar surface area (TPSA) is 77.7 Å². The molecule has 8 heteroatoms. The Morgan fingerprint density at radius 3 is 2.52 bits per heavy atom. The third-order valence-corrected chi connectivity index (χ3v) is 3.93. The van der Waals surface area contributed by atoms with Crippen LogP contribution in [-0.2, 0) is 6.54 Å². The number of carbonyl (C=O) groups excluding carboxylic acids is 1. The molecule has 1 amide bonds. The lowest BCUT2D eigenvalue weighted by molar-refractivity contribution is 0.0769. The number of aromatic nitrogens is 2. The first-order valence-electron chi connectivity index (χ1n) is 8.08. The Kier molecular flexibility index (Phi) is 5.35. The lowest BCUT2D eigenvalue weighted by atomic mass is 10.2. The zero-order valence-electron chi connectivity index (χ0n) is 15.1. The van der Waals surface area contributed by atoms with Crippen LogP contribution in [0.25, 0.3) is 11.4 Å². The van der Waals surface area contributed by atoms with E-state index < -0.39 is 5.82 Å². The van der Waals surface area contributed by atoms with Crippen molar-refractivity contribution in [1.29, 1.82) is 0 Å². The Morgan fingerprint density at radius 1 is 1.15 bits per heavy atom. The maximum absolute atomic E-state index is 13.8. The molecular formula is C19H18FN3O4. The van der Waals surface area contributed by atoms with E-state index in [0.717, 1.165) is 17.4 Å². The molecule has 0 spiro atoms. The molecule has 27 heavy (non-hydrogen) atoms. The van der Waals surface area contributed by atoms with Gasteiger partial charge in [0.2, 0.25) is 11.7 Å². The van der Waals surface area contributed by atoms with E-state index in [1.807, 2.05) is 12.1 Å². The molecule has 0 aliphatic rings. The summed E-state index contributed by atoms with van der Waals surface area (Å²) in [6.45, 7) is 0.0929. The summed E-state index contributed by atoms with van der Waals surface area (Å²) in [6, 6.07) is 11.2. The van der Waals surface area contributed by atoms with E-state index in [9.17, 15) is 9.18 Å². The SMILES string of the molecule is COc1ccc(-c2noc(CN(C)C(=O)c3ccc(OC)c(F)c3)n2)cc1. The molecule has 0 saturated carbocycles. The van der Waals surface area contributed by atoms with Gasteiger partial charge in [-0.1, -0.05) is 5.16 Å². The molecule has 2 aromatic carbocycles. The zero-order valence-corrected chi connectivity index (χ0v) is 15.1. The van der Waals surface area contributed by atoms with E-state index in [1.165, 1.54) is 24.1 Å². The number of benzene rings is 2. The third-order valence-electron chi connectivity index (χ3n) is 3.93. The molecule has 7 nitrogen and oxygen atoms in total. The third kappa shape index (κ3) is 4.05. The van der Waals surface area contributed by atoms with Gasteiger partial charge in [0.1, 0.15) is 5.75 Å². The average Bonchev–Trinajstić information content (AvgIpc) is 3.15. The van der Waals surface area contributed by atoms with E-state index in [1.54, 1.807) is 26.3 Å². The minimum absolute atomic E-state index is 0.0789. The predicted molar refractivity (Wildman–Crippen MR) is 95.0 cm³/mol. The number of nitrogens with zero attached hydrogens (tertiary/aromatic N) is 3. The molecule has 3 aromatic rings. The molecule has 0 atom stereocenters. The molecule has 0 saturated heterocycles. The monoisotopic (exact) mass is 371 g/mol. The van der Waals surface area contributed by atoms with Crippen molar-refractivity contribution in [3.63, 3.8) is 0 Å². The van der Waals surface area contributed by atoms with Crippen LogP contribution in [0, 0.1) is 5.82 Å². The number of halogens is 1. The van der Waals surface area contributed by atoms with Crippen LogP contribution in [0.1, 0.15) is 16.2 Å². The molecule has 1 aromatic heterocycles. The van der Waals surface area contributed by atoms with Gasteiger partial charge in [-0.3, -0.25) is 4.79 Å². The highest BCUT2D eigenvalue weighted by Gasteiger charge is 2.18. The summed E-state index contributed by atoms with van der Waals surface area (Å²) < 4.78 is 29.0. The van der Waals surface area contributed by atoms with Gasteiger partial charge in [0, 0.05) is 18.2 Å².